The normalized spacial score (nSPS) is 19.1. The number of carbonyl (C=O) groups is 1. The Bertz CT molecular complexity index is 784. The maximum Gasteiger partial charge on any atom is 0.314 e. The number of furan rings is 1. The topological polar surface area (TPSA) is 64.0 Å². The van der Waals surface area contributed by atoms with Gasteiger partial charge in [-0.25, -0.2) is 4.79 Å². The number of benzene rings is 1. The van der Waals surface area contributed by atoms with E-state index < -0.39 is 0 Å². The molecule has 0 aliphatic carbocycles. The summed E-state index contributed by atoms with van der Waals surface area (Å²) in [5.74, 6) is 0.929. The second-order valence-corrected chi connectivity index (χ2v) is 8.87. The van der Waals surface area contributed by atoms with Crippen molar-refractivity contribution in [1.82, 2.24) is 25.3 Å². The lowest BCUT2D eigenvalue weighted by Gasteiger charge is -2.34. The van der Waals surface area contributed by atoms with Gasteiger partial charge in [-0.15, -0.1) is 0 Å². The van der Waals surface area contributed by atoms with Crippen LogP contribution < -0.4 is 10.6 Å². The van der Waals surface area contributed by atoms with E-state index in [-0.39, 0.29) is 12.1 Å². The highest BCUT2D eigenvalue weighted by atomic mass is 16.3. The molecule has 2 amide bonds. The molecule has 0 bridgehead atoms. The molecule has 2 aliphatic heterocycles. The molecule has 1 atom stereocenters. The third-order valence-electron chi connectivity index (χ3n) is 6.56. The SMILES string of the molecule is O=C(NCCCN1CCN(Cc2ccccc2)CC1)NCC(c1ccco1)N1CCCC1. The van der Waals surface area contributed by atoms with Gasteiger partial charge in [-0.1, -0.05) is 30.3 Å². The molecule has 0 radical (unpaired) electrons. The molecule has 3 heterocycles. The number of nitrogens with zero attached hydrogens (tertiary/aromatic N) is 3. The van der Waals surface area contributed by atoms with Crippen LogP contribution in [0.4, 0.5) is 4.79 Å². The summed E-state index contributed by atoms with van der Waals surface area (Å²) in [5.41, 5.74) is 1.38. The molecule has 7 heteroatoms. The van der Waals surface area contributed by atoms with Crippen molar-refractivity contribution < 1.29 is 9.21 Å². The van der Waals surface area contributed by atoms with Gasteiger partial charge in [-0.2, -0.15) is 0 Å². The predicted molar refractivity (Wildman–Crippen MR) is 126 cm³/mol. The molecule has 0 spiro atoms. The fourth-order valence-electron chi connectivity index (χ4n) is 4.71. The monoisotopic (exact) mass is 439 g/mol. The Hall–Kier alpha value is -2.35. The van der Waals surface area contributed by atoms with Crippen LogP contribution >= 0.6 is 0 Å². The highest BCUT2D eigenvalue weighted by Crippen LogP contribution is 2.24. The summed E-state index contributed by atoms with van der Waals surface area (Å²) in [6.45, 7) is 9.86. The summed E-state index contributed by atoms with van der Waals surface area (Å²) in [7, 11) is 0. The van der Waals surface area contributed by atoms with E-state index in [9.17, 15) is 4.79 Å². The van der Waals surface area contributed by atoms with E-state index in [4.69, 9.17) is 4.42 Å². The summed E-state index contributed by atoms with van der Waals surface area (Å²) >= 11 is 0. The van der Waals surface area contributed by atoms with Gasteiger partial charge >= 0.3 is 6.03 Å². The first-order valence-corrected chi connectivity index (χ1v) is 12.1. The number of amides is 2. The predicted octanol–water partition coefficient (Wildman–Crippen LogP) is 2.92. The second kappa shape index (κ2) is 12.0. The van der Waals surface area contributed by atoms with E-state index in [0.29, 0.717) is 13.1 Å². The standard InChI is InChI=1S/C25H37N5O2/c31-25(27-20-23(24-10-6-19-32-24)30-13-4-5-14-30)26-11-7-12-28-15-17-29(18-16-28)21-22-8-2-1-3-9-22/h1-3,6,8-10,19,23H,4-5,7,11-18,20-21H2,(H2,26,27,31). The lowest BCUT2D eigenvalue weighted by atomic mass is 10.2. The highest BCUT2D eigenvalue weighted by Gasteiger charge is 2.25. The van der Waals surface area contributed by atoms with Gasteiger partial charge < -0.3 is 20.0 Å². The van der Waals surface area contributed by atoms with Gasteiger partial charge in [-0.3, -0.25) is 9.80 Å². The van der Waals surface area contributed by atoms with Gasteiger partial charge in [0, 0.05) is 45.8 Å². The molecular formula is C25H37N5O2. The van der Waals surface area contributed by atoms with Crippen molar-refractivity contribution in [1.29, 1.82) is 0 Å². The van der Waals surface area contributed by atoms with Crippen LogP contribution in [0.5, 0.6) is 0 Å². The second-order valence-electron chi connectivity index (χ2n) is 8.87. The Labute approximate surface area is 191 Å². The number of piperazine rings is 1. The van der Waals surface area contributed by atoms with Gasteiger partial charge in [0.1, 0.15) is 5.76 Å². The molecule has 4 rings (SSSR count). The van der Waals surface area contributed by atoms with Crippen LogP contribution in [0.1, 0.15) is 36.6 Å². The van der Waals surface area contributed by atoms with Crippen molar-refractivity contribution >= 4 is 6.03 Å². The maximum absolute atomic E-state index is 12.3. The molecule has 0 saturated carbocycles. The third-order valence-corrected chi connectivity index (χ3v) is 6.56. The van der Waals surface area contributed by atoms with E-state index >= 15 is 0 Å². The Morgan fingerprint density at radius 3 is 2.38 bits per heavy atom. The first-order chi connectivity index (χ1) is 15.8. The quantitative estimate of drug-likeness (QED) is 0.558. The number of nitrogens with one attached hydrogen (secondary N) is 2. The lowest BCUT2D eigenvalue weighted by Crippen LogP contribution is -2.46. The van der Waals surface area contributed by atoms with Crippen molar-refractivity contribution in [3.8, 4) is 0 Å². The maximum atomic E-state index is 12.3. The van der Waals surface area contributed by atoms with Gasteiger partial charge in [0.05, 0.1) is 12.3 Å². The average Bonchev–Trinajstić information content (AvgIpc) is 3.54. The summed E-state index contributed by atoms with van der Waals surface area (Å²) < 4.78 is 5.62. The minimum atomic E-state index is -0.0894. The fourth-order valence-corrected chi connectivity index (χ4v) is 4.71. The van der Waals surface area contributed by atoms with Crippen LogP contribution in [0, 0.1) is 0 Å². The van der Waals surface area contributed by atoms with E-state index in [0.717, 1.165) is 64.5 Å². The Balaban J connectivity index is 1.09. The van der Waals surface area contributed by atoms with Crippen LogP contribution in [0.2, 0.25) is 0 Å². The highest BCUT2D eigenvalue weighted by molar-refractivity contribution is 5.73. The number of hydrogen-bond acceptors (Lipinski definition) is 5. The molecule has 2 fully saturated rings. The largest absolute Gasteiger partial charge is 0.468 e. The van der Waals surface area contributed by atoms with Gasteiger partial charge in [0.25, 0.3) is 0 Å². The zero-order chi connectivity index (χ0) is 22.0. The molecule has 32 heavy (non-hydrogen) atoms. The number of rotatable bonds is 10. The molecular weight excluding hydrogens is 402 g/mol. The molecule has 1 aromatic carbocycles. The van der Waals surface area contributed by atoms with Gasteiger partial charge in [0.2, 0.25) is 0 Å². The van der Waals surface area contributed by atoms with Crippen molar-refractivity contribution in [3.63, 3.8) is 0 Å². The number of likely N-dealkylation sites (tertiary alicyclic amines) is 1. The molecule has 2 N–H and O–H groups in total. The molecule has 7 nitrogen and oxygen atoms in total. The fraction of sp³-hybridized carbons (Fsp3) is 0.560. The molecule has 1 unspecified atom stereocenters. The lowest BCUT2D eigenvalue weighted by molar-refractivity contribution is 0.126. The first-order valence-electron chi connectivity index (χ1n) is 12.1. The number of hydrogen-bond donors (Lipinski definition) is 2. The van der Waals surface area contributed by atoms with Gasteiger partial charge in [-0.05, 0) is 56.6 Å². The van der Waals surface area contributed by atoms with Gasteiger partial charge in [0.15, 0.2) is 0 Å². The van der Waals surface area contributed by atoms with Crippen molar-refractivity contribution in [2.24, 2.45) is 0 Å². The smallest absolute Gasteiger partial charge is 0.314 e. The number of urea groups is 1. The molecule has 2 saturated heterocycles. The number of carbonyl (C=O) groups excluding carboxylic acids is 1. The van der Waals surface area contributed by atoms with Crippen molar-refractivity contribution in [3.05, 3.63) is 60.1 Å². The summed E-state index contributed by atoms with van der Waals surface area (Å²) in [6, 6.07) is 14.6. The van der Waals surface area contributed by atoms with E-state index in [2.05, 4.69) is 55.7 Å². The molecule has 2 aliphatic rings. The first kappa shape index (κ1) is 22.8. The summed E-state index contributed by atoms with van der Waals surface area (Å²) in [5, 5.41) is 6.06. The zero-order valence-electron chi connectivity index (χ0n) is 19.0. The van der Waals surface area contributed by atoms with Crippen LogP contribution in [0.3, 0.4) is 0 Å². The van der Waals surface area contributed by atoms with Crippen LogP contribution in [-0.2, 0) is 6.54 Å². The van der Waals surface area contributed by atoms with Crippen LogP contribution in [0.15, 0.2) is 53.1 Å². The van der Waals surface area contributed by atoms with E-state index in [1.807, 2.05) is 12.1 Å². The summed E-state index contributed by atoms with van der Waals surface area (Å²) in [6.07, 6.45) is 5.10. The van der Waals surface area contributed by atoms with E-state index in [1.54, 1.807) is 6.26 Å². The third kappa shape index (κ3) is 6.82. The summed E-state index contributed by atoms with van der Waals surface area (Å²) in [4.78, 5) is 19.7. The van der Waals surface area contributed by atoms with Crippen LogP contribution in [-0.4, -0.2) is 79.6 Å². The average molecular weight is 440 g/mol. The molecule has 1 aromatic heterocycles. The van der Waals surface area contributed by atoms with Crippen molar-refractivity contribution in [2.75, 3.05) is 58.9 Å². The van der Waals surface area contributed by atoms with E-state index in [1.165, 1.54) is 18.4 Å². The zero-order valence-corrected chi connectivity index (χ0v) is 19.0. The Kier molecular flexibility index (Phi) is 8.59. The Morgan fingerprint density at radius 1 is 0.906 bits per heavy atom. The van der Waals surface area contributed by atoms with Crippen molar-refractivity contribution in [2.45, 2.75) is 31.8 Å². The Morgan fingerprint density at radius 2 is 1.66 bits per heavy atom. The van der Waals surface area contributed by atoms with Crippen LogP contribution in [0.25, 0.3) is 0 Å². The minimum absolute atomic E-state index is 0.0894. The molecule has 174 valence electrons. The minimum Gasteiger partial charge on any atom is -0.468 e. The molecule has 2 aromatic rings.